The van der Waals surface area contributed by atoms with Gasteiger partial charge in [-0.2, -0.15) is 0 Å². The molecule has 0 aliphatic carbocycles. The molecule has 0 bridgehead atoms. The maximum Gasteiger partial charge on any atom is 0.168 e. The first kappa shape index (κ1) is 9.80. The minimum atomic E-state index is -0.848. The molecule has 0 aliphatic heterocycles. The molecule has 4 heteroatoms. The Labute approximate surface area is 75.6 Å². The Morgan fingerprint density at radius 1 is 1.46 bits per heavy atom. The summed E-state index contributed by atoms with van der Waals surface area (Å²) < 4.78 is 12.9. The summed E-state index contributed by atoms with van der Waals surface area (Å²) in [7, 11) is 0. The van der Waals surface area contributed by atoms with Crippen LogP contribution < -0.4 is 5.73 Å². The van der Waals surface area contributed by atoms with Crippen molar-refractivity contribution in [3.8, 4) is 11.5 Å². The van der Waals surface area contributed by atoms with Crippen LogP contribution in [0.2, 0.25) is 0 Å². The monoisotopic (exact) mass is 185 g/mol. The van der Waals surface area contributed by atoms with Gasteiger partial charge in [-0.3, -0.25) is 0 Å². The molecule has 4 N–H and O–H groups in total. The van der Waals surface area contributed by atoms with Crippen LogP contribution in [-0.2, 0) is 0 Å². The summed E-state index contributed by atoms with van der Waals surface area (Å²) in [6, 6.07) is 1.66. The zero-order chi connectivity index (χ0) is 10.0. The van der Waals surface area contributed by atoms with Gasteiger partial charge in [-0.25, -0.2) is 4.39 Å². The summed E-state index contributed by atoms with van der Waals surface area (Å²) in [6.07, 6.45) is 0.566. The lowest BCUT2D eigenvalue weighted by molar-refractivity contribution is 0.409. The van der Waals surface area contributed by atoms with Gasteiger partial charge in [0.05, 0.1) is 0 Å². The Morgan fingerprint density at radius 2 is 2.08 bits per heavy atom. The van der Waals surface area contributed by atoms with E-state index >= 15 is 0 Å². The van der Waals surface area contributed by atoms with E-state index in [0.717, 1.165) is 6.07 Å². The van der Waals surface area contributed by atoms with Crippen LogP contribution in [0.15, 0.2) is 12.1 Å². The Kier molecular flexibility index (Phi) is 2.72. The second-order valence-electron chi connectivity index (χ2n) is 2.88. The van der Waals surface area contributed by atoms with Crippen molar-refractivity contribution in [2.45, 2.75) is 19.4 Å². The minimum absolute atomic E-state index is 0.228. The van der Waals surface area contributed by atoms with Crippen LogP contribution in [0.4, 0.5) is 4.39 Å². The summed E-state index contributed by atoms with van der Waals surface area (Å²) in [5.41, 5.74) is 5.83. The largest absolute Gasteiger partial charge is 0.508 e. The lowest BCUT2D eigenvalue weighted by atomic mass is 10.0. The van der Waals surface area contributed by atoms with Crippen LogP contribution in [0.5, 0.6) is 11.5 Å². The summed E-state index contributed by atoms with van der Waals surface area (Å²) >= 11 is 0. The third-order valence-corrected chi connectivity index (χ3v) is 1.92. The molecule has 0 amide bonds. The molecule has 1 atom stereocenters. The Balaban J connectivity index is 3.20. The zero-order valence-electron chi connectivity index (χ0n) is 7.29. The number of benzene rings is 1. The van der Waals surface area contributed by atoms with Gasteiger partial charge in [-0.15, -0.1) is 0 Å². The molecule has 0 aliphatic rings. The van der Waals surface area contributed by atoms with Gasteiger partial charge >= 0.3 is 0 Å². The molecule has 0 spiro atoms. The first-order chi connectivity index (χ1) is 6.06. The molecule has 1 aromatic rings. The molecule has 1 rings (SSSR count). The topological polar surface area (TPSA) is 66.5 Å². The van der Waals surface area contributed by atoms with Gasteiger partial charge in [0, 0.05) is 17.7 Å². The molecule has 0 fully saturated rings. The van der Waals surface area contributed by atoms with Crippen LogP contribution in [0.1, 0.15) is 24.9 Å². The van der Waals surface area contributed by atoms with Gasteiger partial charge in [0.15, 0.2) is 11.6 Å². The number of hydrogen-bond donors (Lipinski definition) is 3. The van der Waals surface area contributed by atoms with E-state index < -0.39 is 17.6 Å². The predicted octanol–water partition coefficient (Wildman–Crippen LogP) is 1.65. The molecule has 0 heterocycles. The van der Waals surface area contributed by atoms with Crippen LogP contribution in [0.3, 0.4) is 0 Å². The maximum atomic E-state index is 12.9. The molecule has 1 aromatic carbocycles. The number of nitrogens with two attached hydrogens (primary N) is 1. The van der Waals surface area contributed by atoms with Crippen molar-refractivity contribution in [1.82, 2.24) is 0 Å². The van der Waals surface area contributed by atoms with E-state index in [4.69, 9.17) is 10.8 Å². The number of phenols is 2. The van der Waals surface area contributed by atoms with Gasteiger partial charge in [-0.1, -0.05) is 6.92 Å². The number of hydrogen-bond acceptors (Lipinski definition) is 3. The Morgan fingerprint density at radius 3 is 2.62 bits per heavy atom. The fraction of sp³-hybridized carbons (Fsp3) is 0.333. The molecule has 0 saturated heterocycles. The molecular formula is C9H12FNO2. The number of rotatable bonds is 2. The minimum Gasteiger partial charge on any atom is -0.508 e. The van der Waals surface area contributed by atoms with E-state index in [1.54, 1.807) is 0 Å². The van der Waals surface area contributed by atoms with E-state index in [-0.39, 0.29) is 11.3 Å². The standard InChI is InChI=1S/C9H12FNO2/c1-2-8(11)6-3-5(12)4-7(10)9(6)13/h3-4,8,12-13H,2,11H2,1H3. The highest BCUT2D eigenvalue weighted by Gasteiger charge is 2.14. The number of aromatic hydroxyl groups is 2. The summed E-state index contributed by atoms with van der Waals surface area (Å²) in [6.45, 7) is 1.81. The average molecular weight is 185 g/mol. The van der Waals surface area contributed by atoms with E-state index in [2.05, 4.69) is 0 Å². The zero-order valence-corrected chi connectivity index (χ0v) is 7.29. The van der Waals surface area contributed by atoms with Crippen molar-refractivity contribution in [1.29, 1.82) is 0 Å². The first-order valence-electron chi connectivity index (χ1n) is 4.03. The fourth-order valence-corrected chi connectivity index (χ4v) is 1.11. The van der Waals surface area contributed by atoms with Crippen LogP contribution >= 0.6 is 0 Å². The van der Waals surface area contributed by atoms with E-state index in [1.807, 2.05) is 6.92 Å². The summed E-state index contributed by atoms with van der Waals surface area (Å²) in [4.78, 5) is 0. The van der Waals surface area contributed by atoms with Crippen molar-refractivity contribution in [2.75, 3.05) is 0 Å². The average Bonchev–Trinajstić information content (AvgIpc) is 2.10. The first-order valence-corrected chi connectivity index (χ1v) is 4.03. The second kappa shape index (κ2) is 3.62. The molecule has 72 valence electrons. The van der Waals surface area contributed by atoms with Crippen molar-refractivity contribution >= 4 is 0 Å². The fourth-order valence-electron chi connectivity index (χ4n) is 1.11. The Bertz CT molecular complexity index is 315. The lowest BCUT2D eigenvalue weighted by Crippen LogP contribution is -2.09. The van der Waals surface area contributed by atoms with Gasteiger partial charge in [0.1, 0.15) is 5.75 Å². The number of halogens is 1. The lowest BCUT2D eigenvalue weighted by Gasteiger charge is -2.11. The van der Waals surface area contributed by atoms with Gasteiger partial charge in [0.25, 0.3) is 0 Å². The van der Waals surface area contributed by atoms with Gasteiger partial charge in [0.2, 0.25) is 0 Å². The molecule has 13 heavy (non-hydrogen) atoms. The van der Waals surface area contributed by atoms with Crippen molar-refractivity contribution in [2.24, 2.45) is 5.73 Å². The van der Waals surface area contributed by atoms with Gasteiger partial charge < -0.3 is 15.9 Å². The molecule has 0 radical (unpaired) electrons. The molecular weight excluding hydrogens is 173 g/mol. The second-order valence-corrected chi connectivity index (χ2v) is 2.88. The van der Waals surface area contributed by atoms with Crippen molar-refractivity contribution < 1.29 is 14.6 Å². The predicted molar refractivity (Wildman–Crippen MR) is 46.9 cm³/mol. The molecule has 3 nitrogen and oxygen atoms in total. The third kappa shape index (κ3) is 1.89. The molecule has 0 saturated carbocycles. The van der Waals surface area contributed by atoms with Crippen LogP contribution in [0.25, 0.3) is 0 Å². The SMILES string of the molecule is CCC(N)c1cc(O)cc(F)c1O. The Hall–Kier alpha value is -1.29. The quantitative estimate of drug-likeness (QED) is 0.614. The molecule has 0 aromatic heterocycles. The van der Waals surface area contributed by atoms with Gasteiger partial charge in [-0.05, 0) is 12.5 Å². The van der Waals surface area contributed by atoms with Crippen LogP contribution in [0, 0.1) is 5.82 Å². The van der Waals surface area contributed by atoms with E-state index in [9.17, 15) is 9.50 Å². The highest BCUT2D eigenvalue weighted by molar-refractivity contribution is 5.41. The molecule has 1 unspecified atom stereocenters. The van der Waals surface area contributed by atoms with Crippen molar-refractivity contribution in [3.05, 3.63) is 23.5 Å². The normalized spacial score (nSPS) is 12.8. The van der Waals surface area contributed by atoms with E-state index in [1.165, 1.54) is 6.07 Å². The maximum absolute atomic E-state index is 12.9. The highest BCUT2D eigenvalue weighted by atomic mass is 19.1. The van der Waals surface area contributed by atoms with Crippen LogP contribution in [-0.4, -0.2) is 10.2 Å². The number of phenolic OH excluding ortho intramolecular Hbond substituents is 2. The summed E-state index contributed by atoms with van der Waals surface area (Å²) in [5, 5.41) is 18.3. The van der Waals surface area contributed by atoms with Crippen molar-refractivity contribution in [3.63, 3.8) is 0 Å². The smallest absolute Gasteiger partial charge is 0.168 e. The highest BCUT2D eigenvalue weighted by Crippen LogP contribution is 2.31. The third-order valence-electron chi connectivity index (χ3n) is 1.92. The van der Waals surface area contributed by atoms with E-state index in [0.29, 0.717) is 6.42 Å². The summed E-state index contributed by atoms with van der Waals surface area (Å²) in [5.74, 6) is -1.56.